The van der Waals surface area contributed by atoms with Gasteiger partial charge in [-0.25, -0.2) is 4.98 Å². The third kappa shape index (κ3) is 2.84. The second kappa shape index (κ2) is 5.55. The molecule has 0 radical (unpaired) electrons. The molecule has 0 fully saturated rings. The maximum absolute atomic E-state index is 11.8. The molecule has 0 saturated heterocycles. The predicted octanol–water partition coefficient (Wildman–Crippen LogP) is 4.37. The molecule has 1 amide bonds. The Balaban J connectivity index is 2.31. The highest BCUT2D eigenvalue weighted by Gasteiger charge is 2.15. The number of halogens is 2. The number of aromatic nitrogens is 1. The number of hydrogen-bond donors (Lipinski definition) is 1. The number of alkyl halides is 1. The van der Waals surface area contributed by atoms with Crippen molar-refractivity contribution in [1.82, 2.24) is 4.98 Å². The van der Waals surface area contributed by atoms with Crippen LogP contribution in [0.25, 0.3) is 10.2 Å². The molecular formula is C12H12BrClN2OS. The van der Waals surface area contributed by atoms with Gasteiger partial charge in [-0.05, 0) is 31.0 Å². The van der Waals surface area contributed by atoms with Crippen LogP contribution in [0.5, 0.6) is 0 Å². The third-order valence-corrected chi connectivity index (χ3v) is 4.72. The van der Waals surface area contributed by atoms with E-state index in [1.165, 1.54) is 11.3 Å². The molecule has 18 heavy (non-hydrogen) atoms. The summed E-state index contributed by atoms with van der Waals surface area (Å²) < 4.78 is 0.984. The highest BCUT2D eigenvalue weighted by Crippen LogP contribution is 2.31. The fraction of sp³-hybridized carbons (Fsp3) is 0.333. The van der Waals surface area contributed by atoms with Gasteiger partial charge in [-0.1, -0.05) is 45.8 Å². The van der Waals surface area contributed by atoms with E-state index in [4.69, 9.17) is 11.6 Å². The van der Waals surface area contributed by atoms with Gasteiger partial charge >= 0.3 is 0 Å². The van der Waals surface area contributed by atoms with Crippen LogP contribution in [-0.4, -0.2) is 15.7 Å². The summed E-state index contributed by atoms with van der Waals surface area (Å²) in [5.41, 5.74) is 1.91. The largest absolute Gasteiger partial charge is 0.301 e. The SMILES string of the molecule is CC[C@H](Br)C(=O)Nc1nc2c(C)cc(Cl)cc2s1. The highest BCUT2D eigenvalue weighted by molar-refractivity contribution is 9.10. The summed E-state index contributed by atoms with van der Waals surface area (Å²) in [4.78, 5) is 16.0. The van der Waals surface area contributed by atoms with Gasteiger partial charge in [0.2, 0.25) is 5.91 Å². The topological polar surface area (TPSA) is 42.0 Å². The lowest BCUT2D eigenvalue weighted by molar-refractivity contribution is -0.115. The Morgan fingerprint density at radius 2 is 2.33 bits per heavy atom. The molecule has 1 aromatic carbocycles. The molecule has 3 nitrogen and oxygen atoms in total. The minimum Gasteiger partial charge on any atom is -0.301 e. The van der Waals surface area contributed by atoms with Gasteiger partial charge in [-0.3, -0.25) is 4.79 Å². The van der Waals surface area contributed by atoms with Crippen LogP contribution < -0.4 is 5.32 Å². The second-order valence-corrected chi connectivity index (χ2v) is 6.53. The number of anilines is 1. The Labute approximate surface area is 123 Å². The lowest BCUT2D eigenvalue weighted by Crippen LogP contribution is -2.21. The first-order valence-electron chi connectivity index (χ1n) is 5.53. The van der Waals surface area contributed by atoms with Gasteiger partial charge < -0.3 is 5.32 Å². The van der Waals surface area contributed by atoms with Gasteiger partial charge in [0.1, 0.15) is 0 Å². The molecule has 0 spiro atoms. The summed E-state index contributed by atoms with van der Waals surface area (Å²) in [7, 11) is 0. The van der Waals surface area contributed by atoms with E-state index in [1.807, 2.05) is 26.0 Å². The van der Waals surface area contributed by atoms with Crippen molar-refractivity contribution >= 4 is 60.1 Å². The third-order valence-electron chi connectivity index (χ3n) is 2.52. The van der Waals surface area contributed by atoms with Crippen molar-refractivity contribution in [2.45, 2.75) is 25.1 Å². The van der Waals surface area contributed by atoms with Crippen molar-refractivity contribution < 1.29 is 4.79 Å². The monoisotopic (exact) mass is 346 g/mol. The zero-order valence-corrected chi connectivity index (χ0v) is 13.1. The van der Waals surface area contributed by atoms with Crippen LogP contribution in [0.3, 0.4) is 0 Å². The molecule has 0 unspecified atom stereocenters. The van der Waals surface area contributed by atoms with E-state index in [0.29, 0.717) is 10.2 Å². The van der Waals surface area contributed by atoms with Crippen molar-refractivity contribution in [1.29, 1.82) is 0 Å². The number of nitrogens with zero attached hydrogens (tertiary/aromatic N) is 1. The Morgan fingerprint density at radius 1 is 1.61 bits per heavy atom. The normalized spacial score (nSPS) is 12.7. The number of carbonyl (C=O) groups excluding carboxylic acids is 1. The van der Waals surface area contributed by atoms with Crippen LogP contribution in [0.4, 0.5) is 5.13 Å². The number of rotatable bonds is 3. The number of benzene rings is 1. The van der Waals surface area contributed by atoms with Gasteiger partial charge in [0.25, 0.3) is 0 Å². The predicted molar refractivity (Wildman–Crippen MR) is 81.0 cm³/mol. The number of hydrogen-bond acceptors (Lipinski definition) is 3. The molecule has 96 valence electrons. The number of thiazole rings is 1. The van der Waals surface area contributed by atoms with E-state index in [2.05, 4.69) is 26.2 Å². The van der Waals surface area contributed by atoms with Gasteiger partial charge in [-0.2, -0.15) is 0 Å². The maximum Gasteiger partial charge on any atom is 0.239 e. The maximum atomic E-state index is 11.8. The lowest BCUT2D eigenvalue weighted by Gasteiger charge is -2.04. The first kappa shape index (κ1) is 13.8. The van der Waals surface area contributed by atoms with Crippen LogP contribution in [0.15, 0.2) is 12.1 Å². The number of fused-ring (bicyclic) bond motifs is 1. The molecule has 0 aliphatic carbocycles. The van der Waals surface area contributed by atoms with Crippen molar-refractivity contribution in [3.05, 3.63) is 22.7 Å². The molecule has 2 aromatic rings. The van der Waals surface area contributed by atoms with Crippen LogP contribution in [0.2, 0.25) is 5.02 Å². The summed E-state index contributed by atoms with van der Waals surface area (Å²) in [6.07, 6.45) is 0.738. The fourth-order valence-corrected chi connectivity index (χ4v) is 3.01. The molecule has 0 bridgehead atoms. The van der Waals surface area contributed by atoms with Gasteiger partial charge in [-0.15, -0.1) is 0 Å². The summed E-state index contributed by atoms with van der Waals surface area (Å²) in [5, 5.41) is 4.11. The van der Waals surface area contributed by atoms with E-state index in [-0.39, 0.29) is 10.7 Å². The lowest BCUT2D eigenvalue weighted by atomic mass is 10.2. The first-order chi connectivity index (χ1) is 8.51. The minimum atomic E-state index is -0.186. The quantitative estimate of drug-likeness (QED) is 0.838. The molecule has 1 atom stereocenters. The average Bonchev–Trinajstić information content (AvgIpc) is 2.70. The van der Waals surface area contributed by atoms with Crippen molar-refractivity contribution in [3.8, 4) is 0 Å². The molecular weight excluding hydrogens is 336 g/mol. The van der Waals surface area contributed by atoms with Crippen molar-refractivity contribution in [2.24, 2.45) is 0 Å². The molecule has 2 rings (SSSR count). The Bertz CT molecular complexity index is 599. The van der Waals surface area contributed by atoms with E-state index in [1.54, 1.807) is 0 Å². The van der Waals surface area contributed by atoms with E-state index >= 15 is 0 Å². The van der Waals surface area contributed by atoms with Crippen LogP contribution in [0, 0.1) is 6.92 Å². The standard InChI is InChI=1S/C12H12BrClN2OS/c1-3-8(13)11(17)16-12-15-10-6(2)4-7(14)5-9(10)18-12/h4-5,8H,3H2,1-2H3,(H,15,16,17)/t8-/m0/s1. The van der Waals surface area contributed by atoms with Crippen LogP contribution in [-0.2, 0) is 4.79 Å². The number of nitrogens with one attached hydrogen (secondary N) is 1. The first-order valence-corrected chi connectivity index (χ1v) is 7.64. The molecule has 0 aliphatic heterocycles. The summed E-state index contributed by atoms with van der Waals surface area (Å²) >= 11 is 10.7. The number of aryl methyl sites for hydroxylation is 1. The Morgan fingerprint density at radius 3 is 3.00 bits per heavy atom. The Hall–Kier alpha value is -0.650. The molecule has 0 saturated carbocycles. The molecule has 1 aromatic heterocycles. The molecule has 0 aliphatic rings. The second-order valence-electron chi connectivity index (χ2n) is 3.95. The molecule has 1 N–H and O–H groups in total. The zero-order valence-electron chi connectivity index (χ0n) is 9.96. The number of carbonyl (C=O) groups is 1. The van der Waals surface area contributed by atoms with Gasteiger partial charge in [0.15, 0.2) is 5.13 Å². The van der Waals surface area contributed by atoms with E-state index < -0.39 is 0 Å². The summed E-state index contributed by atoms with van der Waals surface area (Å²) in [6, 6.07) is 3.73. The number of amides is 1. The smallest absolute Gasteiger partial charge is 0.239 e. The molecule has 6 heteroatoms. The van der Waals surface area contributed by atoms with Crippen molar-refractivity contribution in [2.75, 3.05) is 5.32 Å². The highest BCUT2D eigenvalue weighted by atomic mass is 79.9. The summed E-state index contributed by atoms with van der Waals surface area (Å²) in [6.45, 7) is 3.90. The Kier molecular flexibility index (Phi) is 4.25. The van der Waals surface area contributed by atoms with E-state index in [0.717, 1.165) is 22.2 Å². The van der Waals surface area contributed by atoms with Gasteiger partial charge in [0, 0.05) is 5.02 Å². The minimum absolute atomic E-state index is 0.0692. The van der Waals surface area contributed by atoms with Crippen molar-refractivity contribution in [3.63, 3.8) is 0 Å². The zero-order chi connectivity index (χ0) is 13.3. The van der Waals surface area contributed by atoms with Crippen LogP contribution >= 0.6 is 38.9 Å². The van der Waals surface area contributed by atoms with E-state index in [9.17, 15) is 4.79 Å². The van der Waals surface area contributed by atoms with Crippen LogP contribution in [0.1, 0.15) is 18.9 Å². The fourth-order valence-electron chi connectivity index (χ4n) is 1.58. The summed E-state index contributed by atoms with van der Waals surface area (Å²) in [5.74, 6) is -0.0692. The molecule has 1 heterocycles. The average molecular weight is 348 g/mol. The van der Waals surface area contributed by atoms with Gasteiger partial charge in [0.05, 0.1) is 15.0 Å².